The molecule has 0 spiro atoms. The summed E-state index contributed by atoms with van der Waals surface area (Å²) in [5, 5.41) is 22.6. The van der Waals surface area contributed by atoms with E-state index in [2.05, 4.69) is 5.32 Å². The molecule has 0 fully saturated rings. The molecule has 0 bridgehead atoms. The molecule has 0 aliphatic rings. The molecule has 0 radical (unpaired) electrons. The minimum atomic E-state index is -4.57. The first-order valence-corrected chi connectivity index (χ1v) is 8.51. The van der Waals surface area contributed by atoms with E-state index in [9.17, 15) is 38.0 Å². The van der Waals surface area contributed by atoms with E-state index in [-0.39, 0.29) is 29.0 Å². The van der Waals surface area contributed by atoms with Crippen molar-refractivity contribution in [1.82, 2.24) is 5.32 Å². The first kappa shape index (κ1) is 22.7. The molecule has 0 aromatic heterocycles. The van der Waals surface area contributed by atoms with Crippen molar-refractivity contribution in [3.05, 3.63) is 69.3 Å². The number of carboxylic acid groups (broad SMARTS) is 1. The smallest absolute Gasteiger partial charge is 0.416 e. The molecule has 2 rings (SSSR count). The fraction of sp³-hybridized carbons (Fsp3) is 0.263. The topological polar surface area (TPSA) is 119 Å². The van der Waals surface area contributed by atoms with E-state index in [0.717, 1.165) is 24.3 Å². The van der Waals surface area contributed by atoms with Crippen molar-refractivity contribution in [3.8, 4) is 5.75 Å². The van der Waals surface area contributed by atoms with Crippen LogP contribution in [0.3, 0.4) is 0 Å². The Bertz CT molecular complexity index is 962. The van der Waals surface area contributed by atoms with Gasteiger partial charge >= 0.3 is 12.1 Å². The number of alkyl halides is 3. The Balaban J connectivity index is 2.17. The van der Waals surface area contributed by atoms with E-state index in [1.54, 1.807) is 0 Å². The van der Waals surface area contributed by atoms with Gasteiger partial charge in [0, 0.05) is 24.1 Å². The third-order valence-electron chi connectivity index (χ3n) is 4.15. The van der Waals surface area contributed by atoms with Gasteiger partial charge in [-0.15, -0.1) is 0 Å². The predicted octanol–water partition coefficient (Wildman–Crippen LogP) is 2.98. The number of nitro benzene ring substituents is 1. The van der Waals surface area contributed by atoms with E-state index < -0.39 is 41.0 Å². The Labute approximate surface area is 168 Å². The van der Waals surface area contributed by atoms with Gasteiger partial charge in [0.05, 0.1) is 24.0 Å². The van der Waals surface area contributed by atoms with Crippen LogP contribution in [0.2, 0.25) is 0 Å². The van der Waals surface area contributed by atoms with E-state index >= 15 is 0 Å². The number of carbonyl (C=O) groups excluding carboxylic acids is 1. The monoisotopic (exact) mass is 426 g/mol. The number of hydrogen-bond acceptors (Lipinski definition) is 5. The quantitative estimate of drug-likeness (QED) is 0.495. The molecule has 0 unspecified atom stereocenters. The average Bonchev–Trinajstić information content (AvgIpc) is 2.66. The van der Waals surface area contributed by atoms with E-state index in [1.807, 2.05) is 0 Å². The minimum Gasteiger partial charge on any atom is -0.496 e. The minimum absolute atomic E-state index is 0.0550. The van der Waals surface area contributed by atoms with Crippen molar-refractivity contribution in [3.63, 3.8) is 0 Å². The van der Waals surface area contributed by atoms with Gasteiger partial charge < -0.3 is 15.2 Å². The Morgan fingerprint density at radius 2 is 1.93 bits per heavy atom. The van der Waals surface area contributed by atoms with Gasteiger partial charge in [-0.25, -0.2) is 4.79 Å². The number of benzene rings is 2. The van der Waals surface area contributed by atoms with Gasteiger partial charge in [-0.05, 0) is 17.7 Å². The molecule has 0 saturated heterocycles. The number of nitrogens with zero attached hydrogens (tertiary/aromatic N) is 1. The van der Waals surface area contributed by atoms with Crippen molar-refractivity contribution in [2.45, 2.75) is 25.1 Å². The van der Waals surface area contributed by atoms with Crippen molar-refractivity contribution in [2.24, 2.45) is 0 Å². The van der Waals surface area contributed by atoms with E-state index in [0.29, 0.717) is 0 Å². The number of nitrogens with one attached hydrogen (secondary N) is 1. The predicted molar refractivity (Wildman–Crippen MR) is 98.1 cm³/mol. The largest absolute Gasteiger partial charge is 0.496 e. The second-order valence-corrected chi connectivity index (χ2v) is 6.29. The highest BCUT2D eigenvalue weighted by Crippen LogP contribution is 2.29. The standard InChI is InChI=1S/C19H17F3N2O6/c1-30-16-6-5-14(24(28)29)9-12(16)10-15(18(26)27)23-17(25)8-11-3-2-4-13(7-11)19(20,21)22/h2-7,9,15H,8,10H2,1H3,(H,23,25)(H,26,27)/t15-/m1/s1. The maximum absolute atomic E-state index is 12.8. The lowest BCUT2D eigenvalue weighted by Gasteiger charge is -2.16. The molecule has 2 aromatic carbocycles. The molecule has 0 saturated carbocycles. The lowest BCUT2D eigenvalue weighted by Crippen LogP contribution is -2.43. The number of nitro groups is 1. The summed E-state index contributed by atoms with van der Waals surface area (Å²) >= 11 is 0. The molecule has 0 heterocycles. The molecule has 1 amide bonds. The van der Waals surface area contributed by atoms with Crippen LogP contribution in [-0.4, -0.2) is 35.1 Å². The van der Waals surface area contributed by atoms with Crippen molar-refractivity contribution in [2.75, 3.05) is 7.11 Å². The summed E-state index contributed by atoms with van der Waals surface area (Å²) in [5.41, 5.74) is -0.980. The van der Waals surface area contributed by atoms with Crippen LogP contribution in [0.15, 0.2) is 42.5 Å². The number of non-ortho nitro benzene ring substituents is 1. The second-order valence-electron chi connectivity index (χ2n) is 6.29. The summed E-state index contributed by atoms with van der Waals surface area (Å²) in [6, 6.07) is 6.27. The number of ether oxygens (including phenoxy) is 1. The van der Waals surface area contributed by atoms with Gasteiger partial charge in [0.25, 0.3) is 5.69 Å². The number of amides is 1. The van der Waals surface area contributed by atoms with Crippen LogP contribution in [0, 0.1) is 10.1 Å². The number of halogens is 3. The molecule has 0 aliphatic carbocycles. The molecule has 11 heteroatoms. The van der Waals surface area contributed by atoms with Gasteiger partial charge in [-0.3, -0.25) is 14.9 Å². The summed E-state index contributed by atoms with van der Waals surface area (Å²) in [6.07, 6.45) is -5.37. The van der Waals surface area contributed by atoms with Gasteiger partial charge in [-0.1, -0.05) is 18.2 Å². The fourth-order valence-electron chi connectivity index (χ4n) is 2.75. The summed E-state index contributed by atoms with van der Waals surface area (Å²) < 4.78 is 43.4. The molecule has 2 N–H and O–H groups in total. The van der Waals surface area contributed by atoms with Gasteiger partial charge in [-0.2, -0.15) is 13.2 Å². The van der Waals surface area contributed by atoms with E-state index in [4.69, 9.17) is 4.74 Å². The molecular formula is C19H17F3N2O6. The lowest BCUT2D eigenvalue weighted by atomic mass is 10.0. The highest BCUT2D eigenvalue weighted by molar-refractivity contribution is 5.85. The first-order chi connectivity index (χ1) is 14.0. The third kappa shape index (κ3) is 5.93. The van der Waals surface area contributed by atoms with Crippen LogP contribution in [0.1, 0.15) is 16.7 Å². The maximum Gasteiger partial charge on any atom is 0.416 e. The summed E-state index contributed by atoms with van der Waals surface area (Å²) in [5.74, 6) is -2.04. The zero-order valence-electron chi connectivity index (χ0n) is 15.6. The second kappa shape index (κ2) is 9.25. The average molecular weight is 426 g/mol. The Kier molecular flexibility index (Phi) is 6.98. The van der Waals surface area contributed by atoms with Crippen LogP contribution in [0.4, 0.5) is 18.9 Å². The zero-order chi connectivity index (χ0) is 22.5. The number of hydrogen-bond donors (Lipinski definition) is 2. The third-order valence-corrected chi connectivity index (χ3v) is 4.15. The molecule has 160 valence electrons. The van der Waals surface area contributed by atoms with E-state index in [1.165, 1.54) is 25.3 Å². The Morgan fingerprint density at radius 1 is 1.23 bits per heavy atom. The first-order valence-electron chi connectivity index (χ1n) is 8.51. The molecule has 2 aromatic rings. The van der Waals surface area contributed by atoms with Crippen molar-refractivity contribution in [1.29, 1.82) is 0 Å². The summed E-state index contributed by atoms with van der Waals surface area (Å²) in [7, 11) is 1.30. The molecule has 8 nitrogen and oxygen atoms in total. The molecular weight excluding hydrogens is 409 g/mol. The number of rotatable bonds is 8. The number of carbonyl (C=O) groups is 2. The maximum atomic E-state index is 12.8. The van der Waals surface area contributed by atoms with Gasteiger partial charge in [0.2, 0.25) is 5.91 Å². The highest BCUT2D eigenvalue weighted by atomic mass is 19.4. The van der Waals surface area contributed by atoms with Crippen LogP contribution < -0.4 is 10.1 Å². The van der Waals surface area contributed by atoms with Crippen molar-refractivity contribution < 1.29 is 37.5 Å². The lowest BCUT2D eigenvalue weighted by molar-refractivity contribution is -0.384. The number of methoxy groups -OCH3 is 1. The normalized spacial score (nSPS) is 12.1. The fourth-order valence-corrected chi connectivity index (χ4v) is 2.75. The van der Waals surface area contributed by atoms with Gasteiger partial charge in [0.15, 0.2) is 0 Å². The Hall–Kier alpha value is -3.63. The Morgan fingerprint density at radius 3 is 2.50 bits per heavy atom. The van der Waals surface area contributed by atoms with Crippen LogP contribution >= 0.6 is 0 Å². The molecule has 0 aliphatic heterocycles. The van der Waals surface area contributed by atoms with Crippen molar-refractivity contribution >= 4 is 17.6 Å². The zero-order valence-corrected chi connectivity index (χ0v) is 15.6. The molecule has 30 heavy (non-hydrogen) atoms. The number of aliphatic carboxylic acids is 1. The van der Waals surface area contributed by atoms with Crippen LogP contribution in [0.5, 0.6) is 5.75 Å². The van der Waals surface area contributed by atoms with Gasteiger partial charge in [0.1, 0.15) is 11.8 Å². The molecule has 1 atom stereocenters. The summed E-state index contributed by atoms with van der Waals surface area (Å²) in [4.78, 5) is 34.1. The summed E-state index contributed by atoms with van der Waals surface area (Å²) in [6.45, 7) is 0. The van der Waals surface area contributed by atoms with Crippen LogP contribution in [0.25, 0.3) is 0 Å². The number of carboxylic acids is 1. The SMILES string of the molecule is COc1ccc([N+](=O)[O-])cc1C[C@@H](NC(=O)Cc1cccc(C(F)(F)F)c1)C(=O)O. The highest BCUT2D eigenvalue weighted by Gasteiger charge is 2.30. The van der Waals surface area contributed by atoms with Crippen LogP contribution in [-0.2, 0) is 28.6 Å².